The predicted molar refractivity (Wildman–Crippen MR) is 70.9 cm³/mol. The van der Waals surface area contributed by atoms with Crippen molar-refractivity contribution in [2.75, 3.05) is 6.54 Å². The van der Waals surface area contributed by atoms with E-state index in [0.717, 1.165) is 5.56 Å². The number of aryl methyl sites for hydroxylation is 1. The first-order chi connectivity index (χ1) is 9.16. The van der Waals surface area contributed by atoms with Gasteiger partial charge in [-0.15, -0.1) is 0 Å². The van der Waals surface area contributed by atoms with Crippen molar-refractivity contribution >= 4 is 11.8 Å². The molecule has 2 amide bonds. The van der Waals surface area contributed by atoms with Crippen molar-refractivity contribution in [1.29, 1.82) is 0 Å². The lowest BCUT2D eigenvalue weighted by Crippen LogP contribution is -2.31. The van der Waals surface area contributed by atoms with Crippen molar-refractivity contribution in [1.82, 2.24) is 9.47 Å². The number of hydrogen-bond acceptors (Lipinski definition) is 2. The van der Waals surface area contributed by atoms with Crippen molar-refractivity contribution in [3.05, 3.63) is 59.4 Å². The molecule has 0 spiro atoms. The molecule has 1 aliphatic rings. The van der Waals surface area contributed by atoms with E-state index in [-0.39, 0.29) is 11.8 Å². The zero-order chi connectivity index (χ0) is 13.4. The average Bonchev–Trinajstić information content (AvgIpc) is 2.93. The van der Waals surface area contributed by atoms with Gasteiger partial charge in [-0.25, -0.2) is 0 Å². The topological polar surface area (TPSA) is 42.3 Å². The fourth-order valence-electron chi connectivity index (χ4n) is 2.39. The molecule has 2 aromatic rings. The Bertz CT molecular complexity index is 623. The molecule has 0 radical (unpaired) electrons. The Balaban J connectivity index is 1.77. The molecule has 0 unspecified atom stereocenters. The van der Waals surface area contributed by atoms with E-state index in [9.17, 15) is 9.59 Å². The number of rotatable bonds is 3. The zero-order valence-electron chi connectivity index (χ0n) is 10.7. The highest BCUT2D eigenvalue weighted by Gasteiger charge is 2.34. The van der Waals surface area contributed by atoms with Crippen LogP contribution in [-0.2, 0) is 13.5 Å². The Morgan fingerprint density at radius 1 is 1.00 bits per heavy atom. The summed E-state index contributed by atoms with van der Waals surface area (Å²) in [4.78, 5) is 25.6. The maximum Gasteiger partial charge on any atom is 0.261 e. The van der Waals surface area contributed by atoms with E-state index in [4.69, 9.17) is 0 Å². The van der Waals surface area contributed by atoms with Gasteiger partial charge in [-0.3, -0.25) is 14.5 Å². The first-order valence-electron chi connectivity index (χ1n) is 6.23. The fraction of sp³-hybridized carbons (Fsp3) is 0.200. The lowest BCUT2D eigenvalue weighted by Gasteiger charge is -2.12. The van der Waals surface area contributed by atoms with E-state index in [0.29, 0.717) is 24.1 Å². The van der Waals surface area contributed by atoms with Crippen molar-refractivity contribution < 1.29 is 9.59 Å². The number of hydrogen-bond donors (Lipinski definition) is 0. The Morgan fingerprint density at radius 2 is 1.63 bits per heavy atom. The number of amides is 2. The van der Waals surface area contributed by atoms with Gasteiger partial charge in [0.05, 0.1) is 11.1 Å². The first-order valence-corrected chi connectivity index (χ1v) is 6.23. The van der Waals surface area contributed by atoms with Crippen molar-refractivity contribution in [2.24, 2.45) is 7.05 Å². The van der Waals surface area contributed by atoms with Gasteiger partial charge in [-0.05, 0) is 30.2 Å². The molecular formula is C15H14N2O2. The summed E-state index contributed by atoms with van der Waals surface area (Å²) in [5.74, 6) is -0.368. The molecule has 2 heterocycles. The number of benzene rings is 1. The summed E-state index contributed by atoms with van der Waals surface area (Å²) in [7, 11) is 1.95. The maximum atomic E-state index is 12.1. The van der Waals surface area contributed by atoms with Crippen LogP contribution in [0, 0.1) is 0 Å². The summed E-state index contributed by atoms with van der Waals surface area (Å²) in [6.45, 7) is 0.427. The predicted octanol–water partition coefficient (Wildman–Crippen LogP) is 1.86. The highest BCUT2D eigenvalue weighted by atomic mass is 16.2. The summed E-state index contributed by atoms with van der Waals surface area (Å²) >= 11 is 0. The third kappa shape index (κ3) is 1.95. The van der Waals surface area contributed by atoms with Crippen LogP contribution in [-0.4, -0.2) is 27.8 Å². The molecule has 1 aromatic heterocycles. The summed E-state index contributed by atoms with van der Waals surface area (Å²) in [5, 5.41) is 0. The van der Waals surface area contributed by atoms with Crippen LogP contribution < -0.4 is 0 Å². The number of carbonyl (C=O) groups excluding carboxylic acids is 2. The van der Waals surface area contributed by atoms with Crippen LogP contribution in [0.15, 0.2) is 42.7 Å². The Morgan fingerprint density at radius 3 is 2.16 bits per heavy atom. The Hall–Kier alpha value is -2.36. The third-order valence-electron chi connectivity index (χ3n) is 3.40. The first kappa shape index (κ1) is 11.7. The highest BCUT2D eigenvalue weighted by molar-refractivity contribution is 6.21. The van der Waals surface area contributed by atoms with Crippen LogP contribution in [0.4, 0.5) is 0 Å². The second kappa shape index (κ2) is 4.39. The van der Waals surface area contributed by atoms with E-state index in [2.05, 4.69) is 0 Å². The number of carbonyl (C=O) groups is 2. The molecular weight excluding hydrogens is 240 g/mol. The molecule has 96 valence electrons. The van der Waals surface area contributed by atoms with Crippen LogP contribution >= 0.6 is 0 Å². The van der Waals surface area contributed by atoms with Crippen LogP contribution in [0.2, 0.25) is 0 Å². The molecule has 0 N–H and O–H groups in total. The zero-order valence-corrected chi connectivity index (χ0v) is 10.7. The number of aromatic nitrogens is 1. The largest absolute Gasteiger partial charge is 0.357 e. The summed E-state index contributed by atoms with van der Waals surface area (Å²) in [6.07, 6.45) is 4.64. The molecule has 19 heavy (non-hydrogen) atoms. The third-order valence-corrected chi connectivity index (χ3v) is 3.40. The summed E-state index contributed by atoms with van der Waals surface area (Å²) < 4.78 is 1.96. The minimum absolute atomic E-state index is 0.184. The van der Waals surface area contributed by atoms with Gasteiger partial charge < -0.3 is 4.57 Å². The molecule has 0 saturated heterocycles. The fourth-order valence-corrected chi connectivity index (χ4v) is 2.39. The van der Waals surface area contributed by atoms with Crippen molar-refractivity contribution in [3.8, 4) is 0 Å². The van der Waals surface area contributed by atoms with Gasteiger partial charge in [0.2, 0.25) is 0 Å². The van der Waals surface area contributed by atoms with E-state index in [1.165, 1.54) is 4.90 Å². The molecule has 0 bridgehead atoms. The normalized spacial score (nSPS) is 14.1. The molecule has 0 fully saturated rings. The maximum absolute atomic E-state index is 12.1. The van der Waals surface area contributed by atoms with E-state index >= 15 is 0 Å². The van der Waals surface area contributed by atoms with E-state index < -0.39 is 0 Å². The standard InChI is InChI=1S/C15H14N2O2/c1-16-8-6-11(10-16)7-9-17-14(18)12-4-2-3-5-13(12)15(17)19/h2-6,8,10H,7,9H2,1H3. The molecule has 1 aliphatic heterocycles. The lowest BCUT2D eigenvalue weighted by atomic mass is 10.1. The summed E-state index contributed by atoms with van der Waals surface area (Å²) in [5.41, 5.74) is 2.15. The minimum Gasteiger partial charge on any atom is -0.357 e. The molecule has 3 rings (SSSR count). The van der Waals surface area contributed by atoms with Crippen LogP contribution in [0.5, 0.6) is 0 Å². The minimum atomic E-state index is -0.184. The van der Waals surface area contributed by atoms with Gasteiger partial charge in [-0.1, -0.05) is 12.1 Å². The quantitative estimate of drug-likeness (QED) is 0.785. The second-order valence-electron chi connectivity index (χ2n) is 4.74. The molecule has 4 nitrogen and oxygen atoms in total. The van der Waals surface area contributed by atoms with Crippen molar-refractivity contribution in [3.63, 3.8) is 0 Å². The molecule has 1 aromatic carbocycles. The van der Waals surface area contributed by atoms with Crippen LogP contribution in [0.1, 0.15) is 26.3 Å². The molecule has 0 atom stereocenters. The summed E-state index contributed by atoms with van der Waals surface area (Å²) in [6, 6.07) is 8.98. The highest BCUT2D eigenvalue weighted by Crippen LogP contribution is 2.22. The Labute approximate surface area is 111 Å². The molecule has 0 aliphatic carbocycles. The second-order valence-corrected chi connectivity index (χ2v) is 4.74. The van der Waals surface area contributed by atoms with Crippen LogP contribution in [0.3, 0.4) is 0 Å². The average molecular weight is 254 g/mol. The number of fused-ring (bicyclic) bond motifs is 1. The van der Waals surface area contributed by atoms with Crippen molar-refractivity contribution in [2.45, 2.75) is 6.42 Å². The van der Waals surface area contributed by atoms with Gasteiger partial charge in [0, 0.05) is 26.0 Å². The molecule has 0 saturated carbocycles. The van der Waals surface area contributed by atoms with Gasteiger partial charge in [0.1, 0.15) is 0 Å². The SMILES string of the molecule is Cn1ccc(CCN2C(=O)c3ccccc3C2=O)c1. The Kier molecular flexibility index (Phi) is 2.71. The van der Waals surface area contributed by atoms with E-state index in [1.54, 1.807) is 24.3 Å². The number of nitrogens with zero attached hydrogens (tertiary/aromatic N) is 2. The monoisotopic (exact) mass is 254 g/mol. The van der Waals surface area contributed by atoms with Crippen LogP contribution in [0.25, 0.3) is 0 Å². The van der Waals surface area contributed by atoms with Gasteiger partial charge >= 0.3 is 0 Å². The smallest absolute Gasteiger partial charge is 0.261 e. The van der Waals surface area contributed by atoms with E-state index in [1.807, 2.05) is 30.1 Å². The van der Waals surface area contributed by atoms with Gasteiger partial charge in [0.15, 0.2) is 0 Å². The lowest BCUT2D eigenvalue weighted by molar-refractivity contribution is 0.0656. The van der Waals surface area contributed by atoms with Gasteiger partial charge in [-0.2, -0.15) is 0 Å². The number of imide groups is 1. The van der Waals surface area contributed by atoms with Gasteiger partial charge in [0.25, 0.3) is 11.8 Å². The molecule has 4 heteroatoms.